The van der Waals surface area contributed by atoms with Gasteiger partial charge in [-0.1, -0.05) is 6.92 Å². The number of aromatic nitrogens is 1. The molecule has 24 heavy (non-hydrogen) atoms. The fraction of sp³-hybridized carbons (Fsp3) is 0.316. The number of aromatic amines is 1. The third-order valence-electron chi connectivity index (χ3n) is 4.41. The van der Waals surface area contributed by atoms with Crippen molar-refractivity contribution in [2.75, 3.05) is 11.9 Å². The monoisotopic (exact) mass is 327 g/mol. The first kappa shape index (κ1) is 16.5. The van der Waals surface area contributed by atoms with Crippen LogP contribution in [0.15, 0.2) is 18.2 Å². The predicted octanol–water partition coefficient (Wildman–Crippen LogP) is 3.76. The minimum atomic E-state index is -0.347. The van der Waals surface area contributed by atoms with Gasteiger partial charge >= 0.3 is 0 Å². The van der Waals surface area contributed by atoms with Crippen molar-refractivity contribution in [3.05, 3.63) is 52.1 Å². The Morgan fingerprint density at radius 1 is 1.29 bits per heavy atom. The lowest BCUT2D eigenvalue weighted by Gasteiger charge is -2.04. The SMILES string of the molecule is CCCNCc1c(C)[nH]c(/C=C2\C(=O)Nc3ccc(F)cc32)c1C. The second kappa shape index (κ2) is 6.61. The third kappa shape index (κ3) is 2.99. The molecule has 0 saturated heterocycles. The molecule has 0 spiro atoms. The lowest BCUT2D eigenvalue weighted by Crippen LogP contribution is -2.14. The van der Waals surface area contributed by atoms with Crippen molar-refractivity contribution in [2.24, 2.45) is 0 Å². The number of nitrogens with one attached hydrogen (secondary N) is 3. The Balaban J connectivity index is 1.96. The molecule has 0 radical (unpaired) electrons. The number of aryl methyl sites for hydroxylation is 1. The lowest BCUT2D eigenvalue weighted by molar-refractivity contribution is -0.110. The molecular weight excluding hydrogens is 305 g/mol. The number of halogens is 1. The van der Waals surface area contributed by atoms with E-state index in [1.54, 1.807) is 6.07 Å². The summed E-state index contributed by atoms with van der Waals surface area (Å²) in [6.45, 7) is 7.96. The molecule has 0 atom stereocenters. The minimum absolute atomic E-state index is 0.201. The number of carbonyl (C=O) groups excluding carboxylic acids is 1. The lowest BCUT2D eigenvalue weighted by atomic mass is 10.0. The molecule has 4 nitrogen and oxygen atoms in total. The number of H-pyrrole nitrogens is 1. The fourth-order valence-electron chi connectivity index (χ4n) is 3.06. The van der Waals surface area contributed by atoms with Crippen LogP contribution < -0.4 is 10.6 Å². The van der Waals surface area contributed by atoms with Crippen LogP contribution in [0.25, 0.3) is 11.6 Å². The largest absolute Gasteiger partial charge is 0.359 e. The second-order valence-corrected chi connectivity index (χ2v) is 6.15. The number of anilines is 1. The third-order valence-corrected chi connectivity index (χ3v) is 4.41. The van der Waals surface area contributed by atoms with E-state index in [4.69, 9.17) is 0 Å². The van der Waals surface area contributed by atoms with Gasteiger partial charge in [0, 0.05) is 29.2 Å². The Kier molecular flexibility index (Phi) is 4.53. The average Bonchev–Trinajstić information content (AvgIpc) is 2.99. The first-order valence-electron chi connectivity index (χ1n) is 8.23. The summed E-state index contributed by atoms with van der Waals surface area (Å²) in [6, 6.07) is 4.34. The van der Waals surface area contributed by atoms with Crippen LogP contribution >= 0.6 is 0 Å². The molecule has 1 aromatic heterocycles. The number of benzene rings is 1. The van der Waals surface area contributed by atoms with Gasteiger partial charge in [-0.25, -0.2) is 4.39 Å². The maximum Gasteiger partial charge on any atom is 0.256 e. The molecule has 2 heterocycles. The van der Waals surface area contributed by atoms with Crippen LogP contribution in [0, 0.1) is 19.7 Å². The average molecular weight is 327 g/mol. The van der Waals surface area contributed by atoms with Gasteiger partial charge < -0.3 is 15.6 Å². The van der Waals surface area contributed by atoms with E-state index in [0.717, 1.165) is 36.5 Å². The van der Waals surface area contributed by atoms with Gasteiger partial charge in [0.1, 0.15) is 5.82 Å². The molecule has 1 aromatic carbocycles. The van der Waals surface area contributed by atoms with Crippen molar-refractivity contribution < 1.29 is 9.18 Å². The van der Waals surface area contributed by atoms with Crippen molar-refractivity contribution >= 4 is 23.2 Å². The summed E-state index contributed by atoms with van der Waals surface area (Å²) in [6.07, 6.45) is 2.90. The molecule has 3 N–H and O–H groups in total. The highest BCUT2D eigenvalue weighted by Crippen LogP contribution is 2.34. The number of carbonyl (C=O) groups is 1. The van der Waals surface area contributed by atoms with Crippen LogP contribution in [0.4, 0.5) is 10.1 Å². The van der Waals surface area contributed by atoms with Crippen LogP contribution in [0.1, 0.15) is 41.4 Å². The van der Waals surface area contributed by atoms with Crippen LogP contribution in [0.5, 0.6) is 0 Å². The topological polar surface area (TPSA) is 56.9 Å². The minimum Gasteiger partial charge on any atom is -0.359 e. The molecule has 0 saturated carbocycles. The van der Waals surface area contributed by atoms with Gasteiger partial charge in [-0.2, -0.15) is 0 Å². The van der Waals surface area contributed by atoms with E-state index in [9.17, 15) is 9.18 Å². The number of hydrogen-bond donors (Lipinski definition) is 3. The van der Waals surface area contributed by atoms with Gasteiger partial charge in [-0.05, 0) is 62.2 Å². The van der Waals surface area contributed by atoms with Gasteiger partial charge in [0.25, 0.3) is 5.91 Å². The Morgan fingerprint density at radius 3 is 2.83 bits per heavy atom. The molecule has 0 bridgehead atoms. The number of hydrogen-bond acceptors (Lipinski definition) is 2. The van der Waals surface area contributed by atoms with E-state index >= 15 is 0 Å². The predicted molar refractivity (Wildman–Crippen MR) is 95.2 cm³/mol. The Hall–Kier alpha value is -2.40. The summed E-state index contributed by atoms with van der Waals surface area (Å²) >= 11 is 0. The van der Waals surface area contributed by atoms with Crippen molar-refractivity contribution in [3.63, 3.8) is 0 Å². The molecule has 1 aliphatic rings. The van der Waals surface area contributed by atoms with E-state index in [-0.39, 0.29) is 11.7 Å². The molecule has 1 aliphatic heterocycles. The standard InChI is InChI=1S/C19H22FN3O/c1-4-7-21-10-16-11(2)18(22-12(16)3)9-15-14-8-13(20)5-6-17(14)23-19(15)24/h5-6,8-9,21-22H,4,7,10H2,1-3H3,(H,23,24)/b15-9-. The molecule has 3 rings (SSSR count). The van der Waals surface area contributed by atoms with E-state index in [1.807, 2.05) is 19.9 Å². The first-order valence-corrected chi connectivity index (χ1v) is 8.23. The molecule has 1 amide bonds. The summed E-state index contributed by atoms with van der Waals surface area (Å²) in [7, 11) is 0. The van der Waals surface area contributed by atoms with Gasteiger partial charge in [0.2, 0.25) is 0 Å². The number of rotatable bonds is 5. The van der Waals surface area contributed by atoms with Crippen molar-refractivity contribution in [2.45, 2.75) is 33.7 Å². The van der Waals surface area contributed by atoms with Crippen LogP contribution in [0.3, 0.4) is 0 Å². The van der Waals surface area contributed by atoms with E-state index in [1.165, 1.54) is 17.7 Å². The summed E-state index contributed by atoms with van der Waals surface area (Å²) < 4.78 is 13.5. The van der Waals surface area contributed by atoms with E-state index < -0.39 is 0 Å². The van der Waals surface area contributed by atoms with Crippen LogP contribution in [-0.2, 0) is 11.3 Å². The summed E-state index contributed by atoms with van der Waals surface area (Å²) in [5.74, 6) is -0.548. The number of fused-ring (bicyclic) bond motifs is 1. The molecule has 0 fully saturated rings. The van der Waals surface area contributed by atoms with E-state index in [2.05, 4.69) is 22.5 Å². The number of amides is 1. The molecular formula is C19H22FN3O. The van der Waals surface area contributed by atoms with Crippen molar-refractivity contribution in [1.29, 1.82) is 0 Å². The Bertz CT molecular complexity index is 820. The maximum absolute atomic E-state index is 13.5. The summed E-state index contributed by atoms with van der Waals surface area (Å²) in [5, 5.41) is 6.18. The highest BCUT2D eigenvalue weighted by molar-refractivity contribution is 6.34. The zero-order chi connectivity index (χ0) is 17.3. The zero-order valence-corrected chi connectivity index (χ0v) is 14.2. The van der Waals surface area contributed by atoms with Gasteiger partial charge in [0.15, 0.2) is 0 Å². The van der Waals surface area contributed by atoms with E-state index in [0.29, 0.717) is 16.8 Å². The Labute approximate surface area is 141 Å². The van der Waals surface area contributed by atoms with Gasteiger partial charge in [0.05, 0.1) is 5.57 Å². The molecule has 2 aromatic rings. The molecule has 0 unspecified atom stereocenters. The van der Waals surface area contributed by atoms with Crippen molar-refractivity contribution in [1.82, 2.24) is 10.3 Å². The van der Waals surface area contributed by atoms with Crippen molar-refractivity contribution in [3.8, 4) is 0 Å². The highest BCUT2D eigenvalue weighted by atomic mass is 19.1. The highest BCUT2D eigenvalue weighted by Gasteiger charge is 2.25. The normalized spacial score (nSPS) is 15.0. The maximum atomic E-state index is 13.5. The fourth-order valence-corrected chi connectivity index (χ4v) is 3.06. The second-order valence-electron chi connectivity index (χ2n) is 6.15. The zero-order valence-electron chi connectivity index (χ0n) is 14.2. The quantitative estimate of drug-likeness (QED) is 0.578. The Morgan fingerprint density at radius 2 is 2.08 bits per heavy atom. The molecule has 126 valence electrons. The molecule has 5 heteroatoms. The summed E-state index contributed by atoms with van der Waals surface area (Å²) in [4.78, 5) is 15.6. The van der Waals surface area contributed by atoms with Crippen LogP contribution in [0.2, 0.25) is 0 Å². The van der Waals surface area contributed by atoms with Gasteiger partial charge in [-0.3, -0.25) is 4.79 Å². The summed E-state index contributed by atoms with van der Waals surface area (Å²) in [5.41, 5.74) is 6.05. The smallest absolute Gasteiger partial charge is 0.256 e. The van der Waals surface area contributed by atoms with Crippen LogP contribution in [-0.4, -0.2) is 17.4 Å². The molecule has 0 aliphatic carbocycles. The van der Waals surface area contributed by atoms with Gasteiger partial charge in [-0.15, -0.1) is 0 Å². The first-order chi connectivity index (χ1) is 11.5.